The van der Waals surface area contributed by atoms with E-state index in [1.807, 2.05) is 30.3 Å². The van der Waals surface area contributed by atoms with Gasteiger partial charge in [-0.3, -0.25) is 0 Å². The number of rotatable bonds is 6. The van der Waals surface area contributed by atoms with E-state index < -0.39 is 5.97 Å². The Morgan fingerprint density at radius 2 is 1.96 bits per heavy atom. The predicted octanol–water partition coefficient (Wildman–Crippen LogP) is 2.98. The van der Waals surface area contributed by atoms with Crippen LogP contribution in [0.1, 0.15) is 15.9 Å². The first-order valence-corrected chi connectivity index (χ1v) is 7.34. The Hall–Kier alpha value is -3.02. The summed E-state index contributed by atoms with van der Waals surface area (Å²) in [6.07, 6.45) is 1.53. The molecule has 0 heterocycles. The Bertz CT molecular complexity index is 727. The molecule has 0 radical (unpaired) electrons. The number of phenolic OH excluding ortho intramolecular Hbond substituents is 1. The maximum absolute atomic E-state index is 12.0. The minimum Gasteiger partial charge on any atom is -0.504 e. The first-order valence-electron chi connectivity index (χ1n) is 7.34. The summed E-state index contributed by atoms with van der Waals surface area (Å²) in [5, 5.41) is 10.1. The zero-order chi connectivity index (χ0) is 17.5. The Balaban J connectivity index is 2.30. The smallest absolute Gasteiger partial charge is 0.340 e. The molecule has 126 valence electrons. The average molecular weight is 328 g/mol. The molecule has 2 rings (SSSR count). The fraction of sp³-hybridized carbons (Fsp3) is 0.222. The molecular formula is C18H20N2O4. The summed E-state index contributed by atoms with van der Waals surface area (Å²) in [5.74, 6) is -0.446. The van der Waals surface area contributed by atoms with E-state index in [9.17, 15) is 9.90 Å². The van der Waals surface area contributed by atoms with E-state index in [-0.39, 0.29) is 23.7 Å². The van der Waals surface area contributed by atoms with Gasteiger partial charge in [-0.05, 0) is 5.56 Å². The number of nitrogens with zero attached hydrogens (tertiary/aromatic N) is 2. The number of hydrogen-bond donors (Lipinski definition) is 1. The second-order valence-electron chi connectivity index (χ2n) is 5.31. The lowest BCUT2D eigenvalue weighted by atomic mass is 10.1. The van der Waals surface area contributed by atoms with Crippen LogP contribution in [0.5, 0.6) is 11.5 Å². The second-order valence-corrected chi connectivity index (χ2v) is 5.31. The number of esters is 1. The SMILES string of the molecule is COC(=O)c1cc(OCc2ccccc2)c(O)cc1N=CN(C)C. The topological polar surface area (TPSA) is 71.4 Å². The van der Waals surface area contributed by atoms with Crippen LogP contribution in [0.2, 0.25) is 0 Å². The molecule has 0 atom stereocenters. The van der Waals surface area contributed by atoms with Gasteiger partial charge in [0.2, 0.25) is 0 Å². The summed E-state index contributed by atoms with van der Waals surface area (Å²) < 4.78 is 10.4. The van der Waals surface area contributed by atoms with Crippen LogP contribution >= 0.6 is 0 Å². The van der Waals surface area contributed by atoms with Crippen LogP contribution in [0, 0.1) is 0 Å². The first-order chi connectivity index (χ1) is 11.5. The minimum atomic E-state index is -0.550. The first kappa shape index (κ1) is 17.3. The number of ether oxygens (including phenoxy) is 2. The largest absolute Gasteiger partial charge is 0.504 e. The van der Waals surface area contributed by atoms with Crippen LogP contribution in [0.4, 0.5) is 5.69 Å². The molecule has 0 spiro atoms. The third-order valence-electron chi connectivity index (χ3n) is 3.15. The predicted molar refractivity (Wildman–Crippen MR) is 92.1 cm³/mol. The lowest BCUT2D eigenvalue weighted by molar-refractivity contribution is 0.0601. The van der Waals surface area contributed by atoms with Crippen molar-refractivity contribution in [2.24, 2.45) is 4.99 Å². The quantitative estimate of drug-likeness (QED) is 0.501. The molecule has 0 aromatic heterocycles. The molecule has 0 amide bonds. The van der Waals surface area contributed by atoms with Crippen LogP contribution in [-0.4, -0.2) is 43.5 Å². The molecule has 0 aliphatic heterocycles. The molecule has 0 saturated carbocycles. The fourth-order valence-corrected chi connectivity index (χ4v) is 1.97. The van der Waals surface area contributed by atoms with E-state index in [2.05, 4.69) is 4.99 Å². The average Bonchev–Trinajstić information content (AvgIpc) is 2.59. The van der Waals surface area contributed by atoms with Gasteiger partial charge in [-0.1, -0.05) is 30.3 Å². The number of carbonyl (C=O) groups excluding carboxylic acids is 1. The van der Waals surface area contributed by atoms with Crippen molar-refractivity contribution < 1.29 is 19.4 Å². The van der Waals surface area contributed by atoms with Crippen molar-refractivity contribution in [3.63, 3.8) is 0 Å². The molecule has 24 heavy (non-hydrogen) atoms. The van der Waals surface area contributed by atoms with Gasteiger partial charge in [0, 0.05) is 26.2 Å². The number of aromatic hydroxyl groups is 1. The van der Waals surface area contributed by atoms with Gasteiger partial charge in [-0.25, -0.2) is 9.79 Å². The highest BCUT2D eigenvalue weighted by Crippen LogP contribution is 2.35. The molecule has 0 aliphatic carbocycles. The van der Waals surface area contributed by atoms with Gasteiger partial charge >= 0.3 is 5.97 Å². The molecule has 0 unspecified atom stereocenters. The van der Waals surface area contributed by atoms with Crippen LogP contribution in [0.3, 0.4) is 0 Å². The van der Waals surface area contributed by atoms with Gasteiger partial charge in [-0.15, -0.1) is 0 Å². The van der Waals surface area contributed by atoms with Gasteiger partial charge in [0.05, 0.1) is 24.7 Å². The van der Waals surface area contributed by atoms with E-state index in [0.29, 0.717) is 5.69 Å². The zero-order valence-electron chi connectivity index (χ0n) is 13.9. The van der Waals surface area contributed by atoms with Crippen molar-refractivity contribution in [2.45, 2.75) is 6.61 Å². The highest BCUT2D eigenvalue weighted by molar-refractivity contribution is 5.96. The van der Waals surface area contributed by atoms with Crippen LogP contribution < -0.4 is 4.74 Å². The maximum Gasteiger partial charge on any atom is 0.340 e. The van der Waals surface area contributed by atoms with Gasteiger partial charge in [0.1, 0.15) is 6.61 Å². The molecule has 0 fully saturated rings. The normalized spacial score (nSPS) is 10.6. The number of methoxy groups -OCH3 is 1. The Morgan fingerprint density at radius 3 is 2.58 bits per heavy atom. The standard InChI is InChI=1S/C18H20N2O4/c1-20(2)12-19-15-10-16(21)17(9-14(15)18(22)23-3)24-11-13-7-5-4-6-8-13/h4-10,12,21H,11H2,1-3H3. The number of phenols is 1. The van der Waals surface area contributed by atoms with Crippen molar-refractivity contribution in [1.82, 2.24) is 4.90 Å². The maximum atomic E-state index is 12.0. The number of benzene rings is 2. The highest BCUT2D eigenvalue weighted by atomic mass is 16.5. The summed E-state index contributed by atoms with van der Waals surface area (Å²) in [5.41, 5.74) is 1.47. The van der Waals surface area contributed by atoms with Crippen molar-refractivity contribution in [3.05, 3.63) is 53.6 Å². The van der Waals surface area contributed by atoms with Gasteiger partial charge < -0.3 is 19.5 Å². The third kappa shape index (κ3) is 4.49. The molecule has 2 aromatic rings. The van der Waals surface area contributed by atoms with Crippen molar-refractivity contribution >= 4 is 18.0 Å². The van der Waals surface area contributed by atoms with Crippen molar-refractivity contribution in [3.8, 4) is 11.5 Å². The Morgan fingerprint density at radius 1 is 1.25 bits per heavy atom. The van der Waals surface area contributed by atoms with Gasteiger partial charge in [-0.2, -0.15) is 0 Å². The molecule has 0 saturated heterocycles. The van der Waals surface area contributed by atoms with E-state index >= 15 is 0 Å². The molecule has 6 nitrogen and oxygen atoms in total. The second kappa shape index (κ2) is 8.01. The molecule has 2 aromatic carbocycles. The van der Waals surface area contributed by atoms with Gasteiger partial charge in [0.25, 0.3) is 0 Å². The van der Waals surface area contributed by atoms with E-state index in [1.165, 1.54) is 25.6 Å². The third-order valence-corrected chi connectivity index (χ3v) is 3.15. The van der Waals surface area contributed by atoms with Crippen molar-refractivity contribution in [1.29, 1.82) is 0 Å². The summed E-state index contributed by atoms with van der Waals surface area (Å²) in [6.45, 7) is 0.273. The van der Waals surface area contributed by atoms with E-state index in [4.69, 9.17) is 9.47 Å². The molecule has 0 bridgehead atoms. The number of hydrogen-bond acceptors (Lipinski definition) is 5. The highest BCUT2D eigenvalue weighted by Gasteiger charge is 2.17. The van der Waals surface area contributed by atoms with E-state index in [1.54, 1.807) is 19.0 Å². The Kier molecular flexibility index (Phi) is 5.78. The molecule has 0 aliphatic rings. The van der Waals surface area contributed by atoms with Crippen molar-refractivity contribution in [2.75, 3.05) is 21.2 Å². The fourth-order valence-electron chi connectivity index (χ4n) is 1.97. The monoisotopic (exact) mass is 328 g/mol. The number of carbonyl (C=O) groups is 1. The zero-order valence-corrected chi connectivity index (χ0v) is 13.9. The Labute approximate surface area is 141 Å². The lowest BCUT2D eigenvalue weighted by Gasteiger charge is -2.12. The van der Waals surface area contributed by atoms with Crippen LogP contribution in [0.25, 0.3) is 0 Å². The summed E-state index contributed by atoms with van der Waals surface area (Å²) in [6, 6.07) is 12.4. The van der Waals surface area contributed by atoms with E-state index in [0.717, 1.165) is 5.56 Å². The number of aliphatic imine (C=N–C) groups is 1. The summed E-state index contributed by atoms with van der Waals surface area (Å²) >= 11 is 0. The molecule has 6 heteroatoms. The van der Waals surface area contributed by atoms with Gasteiger partial charge in [0.15, 0.2) is 11.5 Å². The minimum absolute atomic E-state index is 0.0931. The molecular weight excluding hydrogens is 308 g/mol. The van der Waals surface area contributed by atoms with Crippen LogP contribution in [-0.2, 0) is 11.3 Å². The summed E-state index contributed by atoms with van der Waals surface area (Å²) in [4.78, 5) is 17.9. The lowest BCUT2D eigenvalue weighted by Crippen LogP contribution is -2.08. The molecule has 1 N–H and O–H groups in total. The summed E-state index contributed by atoms with van der Waals surface area (Å²) in [7, 11) is 4.90. The van der Waals surface area contributed by atoms with Crippen LogP contribution in [0.15, 0.2) is 47.5 Å².